The first-order valence-corrected chi connectivity index (χ1v) is 9.00. The Morgan fingerprint density at radius 1 is 1.00 bits per heavy atom. The van der Waals surface area contributed by atoms with Crippen molar-refractivity contribution in [3.8, 4) is 0 Å². The minimum atomic E-state index is 0.0915. The monoisotopic (exact) mass is 283 g/mol. The van der Waals surface area contributed by atoms with Gasteiger partial charge in [-0.25, -0.2) is 0 Å². The fraction of sp³-hybridized carbons (Fsp3) is 1.00. The van der Waals surface area contributed by atoms with Gasteiger partial charge in [0.2, 0.25) is 0 Å². The Hall–Kier alpha value is -0.0800. The maximum absolute atomic E-state index is 6.15. The summed E-state index contributed by atoms with van der Waals surface area (Å²) in [5, 5.41) is 3.83. The van der Waals surface area contributed by atoms with Gasteiger partial charge < -0.3 is 10.1 Å². The van der Waals surface area contributed by atoms with Gasteiger partial charge in [-0.15, -0.1) is 0 Å². The Morgan fingerprint density at radius 2 is 1.60 bits per heavy atom. The van der Waals surface area contributed by atoms with Gasteiger partial charge >= 0.3 is 0 Å². The van der Waals surface area contributed by atoms with Gasteiger partial charge in [-0.3, -0.25) is 0 Å². The van der Waals surface area contributed by atoms with Crippen LogP contribution in [0.5, 0.6) is 0 Å². The molecule has 0 aromatic carbocycles. The predicted molar refractivity (Wildman–Crippen MR) is 88.2 cm³/mol. The van der Waals surface area contributed by atoms with Crippen molar-refractivity contribution in [2.45, 2.75) is 96.6 Å². The zero-order valence-corrected chi connectivity index (χ0v) is 14.3. The molecule has 1 aliphatic rings. The maximum Gasteiger partial charge on any atom is 0.0831 e. The molecule has 2 heteroatoms. The van der Waals surface area contributed by atoms with E-state index >= 15 is 0 Å². The highest BCUT2D eigenvalue weighted by molar-refractivity contribution is 4.95. The van der Waals surface area contributed by atoms with Crippen LogP contribution < -0.4 is 5.32 Å². The van der Waals surface area contributed by atoms with Crippen molar-refractivity contribution < 1.29 is 4.74 Å². The van der Waals surface area contributed by atoms with E-state index in [4.69, 9.17) is 4.74 Å². The van der Waals surface area contributed by atoms with E-state index in [0.29, 0.717) is 6.04 Å². The summed E-state index contributed by atoms with van der Waals surface area (Å²) < 4.78 is 6.15. The molecule has 0 aromatic heterocycles. The van der Waals surface area contributed by atoms with Gasteiger partial charge in [0.15, 0.2) is 0 Å². The highest BCUT2D eigenvalue weighted by Crippen LogP contribution is 2.36. The lowest BCUT2D eigenvalue weighted by atomic mass is 9.80. The zero-order valence-electron chi connectivity index (χ0n) is 14.3. The summed E-state index contributed by atoms with van der Waals surface area (Å²) in [6.07, 6.45) is 13.0. The van der Waals surface area contributed by atoms with Crippen molar-refractivity contribution in [1.82, 2.24) is 5.32 Å². The van der Waals surface area contributed by atoms with Crippen LogP contribution in [0.15, 0.2) is 0 Å². The van der Waals surface area contributed by atoms with E-state index in [-0.39, 0.29) is 5.60 Å². The molecule has 0 aliphatic heterocycles. The normalized spacial score (nSPS) is 20.9. The fourth-order valence-corrected chi connectivity index (χ4v) is 3.78. The number of nitrogens with one attached hydrogen (secondary N) is 1. The Balaban J connectivity index is 2.80. The van der Waals surface area contributed by atoms with E-state index in [2.05, 4.69) is 26.1 Å². The van der Waals surface area contributed by atoms with Crippen molar-refractivity contribution in [3.05, 3.63) is 0 Å². The second-order valence-electron chi connectivity index (χ2n) is 6.61. The van der Waals surface area contributed by atoms with Crippen molar-refractivity contribution in [3.63, 3.8) is 0 Å². The molecule has 0 amide bonds. The molecule has 0 heterocycles. The van der Waals surface area contributed by atoms with Crippen LogP contribution in [0.3, 0.4) is 0 Å². The number of methoxy groups -OCH3 is 1. The van der Waals surface area contributed by atoms with Crippen molar-refractivity contribution in [2.75, 3.05) is 13.7 Å². The third-order valence-electron chi connectivity index (χ3n) is 5.36. The molecule has 120 valence electrons. The van der Waals surface area contributed by atoms with E-state index in [1.54, 1.807) is 0 Å². The SMILES string of the molecule is CCCNC(CC(CC)CC)C1(OC)CCCCCC1. The van der Waals surface area contributed by atoms with Gasteiger partial charge in [0.05, 0.1) is 5.60 Å². The molecule has 1 saturated carbocycles. The Bertz CT molecular complexity index is 230. The van der Waals surface area contributed by atoms with E-state index in [9.17, 15) is 0 Å². The number of ether oxygens (including phenoxy) is 1. The van der Waals surface area contributed by atoms with Crippen LogP contribution in [0.4, 0.5) is 0 Å². The Labute approximate surface area is 127 Å². The minimum Gasteiger partial charge on any atom is -0.377 e. The Morgan fingerprint density at radius 3 is 2.05 bits per heavy atom. The molecular formula is C18H37NO. The summed E-state index contributed by atoms with van der Waals surface area (Å²) in [5.74, 6) is 0.833. The molecule has 0 saturated heterocycles. The molecule has 20 heavy (non-hydrogen) atoms. The summed E-state index contributed by atoms with van der Waals surface area (Å²) >= 11 is 0. The van der Waals surface area contributed by atoms with Crippen LogP contribution in [0.25, 0.3) is 0 Å². The molecule has 1 atom stereocenters. The molecule has 0 spiro atoms. The van der Waals surface area contributed by atoms with Gasteiger partial charge in [-0.2, -0.15) is 0 Å². The lowest BCUT2D eigenvalue weighted by Gasteiger charge is -2.41. The zero-order chi connectivity index (χ0) is 14.8. The number of rotatable bonds is 9. The van der Waals surface area contributed by atoms with Crippen LogP contribution in [0, 0.1) is 5.92 Å². The summed E-state index contributed by atoms with van der Waals surface area (Å²) in [6.45, 7) is 8.04. The van der Waals surface area contributed by atoms with E-state index in [1.165, 1.54) is 64.2 Å². The first-order valence-electron chi connectivity index (χ1n) is 9.00. The van der Waals surface area contributed by atoms with E-state index in [1.807, 2.05) is 7.11 Å². The molecule has 0 aromatic rings. The van der Waals surface area contributed by atoms with E-state index in [0.717, 1.165) is 12.5 Å². The standard InChI is InChI=1S/C18H37NO/c1-5-14-19-17(15-16(6-2)7-3)18(20-4)12-10-8-9-11-13-18/h16-17,19H,5-15H2,1-4H3. The highest BCUT2D eigenvalue weighted by Gasteiger charge is 2.39. The third kappa shape index (κ3) is 5.04. The second-order valence-corrected chi connectivity index (χ2v) is 6.61. The van der Waals surface area contributed by atoms with Gasteiger partial charge in [0.25, 0.3) is 0 Å². The molecule has 0 radical (unpaired) electrons. The van der Waals surface area contributed by atoms with Crippen LogP contribution in [0.2, 0.25) is 0 Å². The summed E-state index contributed by atoms with van der Waals surface area (Å²) in [4.78, 5) is 0. The summed E-state index contributed by atoms with van der Waals surface area (Å²) in [6, 6.07) is 0.537. The third-order valence-corrected chi connectivity index (χ3v) is 5.36. The van der Waals surface area contributed by atoms with Crippen molar-refractivity contribution >= 4 is 0 Å². The fourth-order valence-electron chi connectivity index (χ4n) is 3.78. The van der Waals surface area contributed by atoms with Gasteiger partial charge in [-0.1, -0.05) is 59.3 Å². The molecule has 1 unspecified atom stereocenters. The number of hydrogen-bond donors (Lipinski definition) is 1. The molecule has 1 aliphatic carbocycles. The van der Waals surface area contributed by atoms with Crippen LogP contribution in [-0.4, -0.2) is 25.3 Å². The second kappa shape index (κ2) is 9.78. The average Bonchev–Trinajstić information content (AvgIpc) is 2.74. The lowest BCUT2D eigenvalue weighted by molar-refractivity contribution is -0.0585. The van der Waals surface area contributed by atoms with Gasteiger partial charge in [0, 0.05) is 13.2 Å². The predicted octanol–water partition coefficient (Wildman–Crippen LogP) is 4.92. The Kier molecular flexibility index (Phi) is 8.79. The molecular weight excluding hydrogens is 246 g/mol. The smallest absolute Gasteiger partial charge is 0.0831 e. The first kappa shape index (κ1) is 18.0. The average molecular weight is 284 g/mol. The quantitative estimate of drug-likeness (QED) is 0.606. The van der Waals surface area contributed by atoms with Gasteiger partial charge in [-0.05, 0) is 38.1 Å². The minimum absolute atomic E-state index is 0.0915. The maximum atomic E-state index is 6.15. The molecule has 1 N–H and O–H groups in total. The van der Waals surface area contributed by atoms with Crippen molar-refractivity contribution in [2.24, 2.45) is 5.92 Å². The first-order chi connectivity index (χ1) is 9.72. The van der Waals surface area contributed by atoms with Crippen LogP contribution in [-0.2, 0) is 4.74 Å². The van der Waals surface area contributed by atoms with Gasteiger partial charge in [0.1, 0.15) is 0 Å². The van der Waals surface area contributed by atoms with E-state index < -0.39 is 0 Å². The highest BCUT2D eigenvalue weighted by atomic mass is 16.5. The van der Waals surface area contributed by atoms with Crippen LogP contribution >= 0.6 is 0 Å². The lowest BCUT2D eigenvalue weighted by Crippen LogP contribution is -2.53. The molecule has 0 bridgehead atoms. The summed E-state index contributed by atoms with van der Waals surface area (Å²) in [5.41, 5.74) is 0.0915. The molecule has 1 fully saturated rings. The topological polar surface area (TPSA) is 21.3 Å². The van der Waals surface area contributed by atoms with Crippen LogP contribution in [0.1, 0.15) is 85.0 Å². The van der Waals surface area contributed by atoms with Crippen molar-refractivity contribution in [1.29, 1.82) is 0 Å². The number of hydrogen-bond acceptors (Lipinski definition) is 2. The molecule has 2 nitrogen and oxygen atoms in total. The molecule has 1 rings (SSSR count). The largest absolute Gasteiger partial charge is 0.377 e. The summed E-state index contributed by atoms with van der Waals surface area (Å²) in [7, 11) is 1.94.